The molecule has 0 bridgehead atoms. The fourth-order valence-electron chi connectivity index (χ4n) is 1.82. The summed E-state index contributed by atoms with van der Waals surface area (Å²) in [6, 6.07) is 7.11. The summed E-state index contributed by atoms with van der Waals surface area (Å²) in [7, 11) is -2.39. The van der Waals surface area contributed by atoms with Gasteiger partial charge in [-0.3, -0.25) is 14.1 Å². The van der Waals surface area contributed by atoms with E-state index in [9.17, 15) is 18.3 Å². The second-order valence-electron chi connectivity index (χ2n) is 4.68. The molecule has 0 amide bonds. The molecule has 0 atom stereocenters. The van der Waals surface area contributed by atoms with Gasteiger partial charge in [0.15, 0.2) is 0 Å². The fourth-order valence-corrected chi connectivity index (χ4v) is 2.98. The molecular weight excluding hydrogens is 294 g/mol. The van der Waals surface area contributed by atoms with Gasteiger partial charge in [0.2, 0.25) is 21.7 Å². The standard InChI is InChI=1S/C13H15N3O4S/c1-9-4-3-5-10(6-9)8-21(19,20)15-13-14-7-11(17)12(18)16(13)2/h3-7,17H,8H2,1-2H3,(H,14,15). The van der Waals surface area contributed by atoms with Crippen molar-refractivity contribution in [3.8, 4) is 5.75 Å². The number of benzene rings is 1. The molecule has 21 heavy (non-hydrogen) atoms. The zero-order chi connectivity index (χ0) is 15.6. The van der Waals surface area contributed by atoms with E-state index in [2.05, 4.69) is 9.71 Å². The largest absolute Gasteiger partial charge is 0.502 e. The summed E-state index contributed by atoms with van der Waals surface area (Å²) >= 11 is 0. The van der Waals surface area contributed by atoms with Crippen LogP contribution in [0.3, 0.4) is 0 Å². The van der Waals surface area contributed by atoms with Gasteiger partial charge in [-0.25, -0.2) is 13.4 Å². The molecule has 0 aliphatic carbocycles. The molecule has 0 saturated heterocycles. The molecule has 8 heteroatoms. The number of aromatic hydroxyl groups is 1. The van der Waals surface area contributed by atoms with Gasteiger partial charge in [0.1, 0.15) is 0 Å². The Kier molecular flexibility index (Phi) is 3.99. The summed E-state index contributed by atoms with van der Waals surface area (Å²) < 4.78 is 27.4. The van der Waals surface area contributed by atoms with Crippen LogP contribution in [0.4, 0.5) is 5.95 Å². The quantitative estimate of drug-likeness (QED) is 0.867. The van der Waals surface area contributed by atoms with Crippen LogP contribution < -0.4 is 10.3 Å². The number of nitrogens with zero attached hydrogens (tertiary/aromatic N) is 2. The topological polar surface area (TPSA) is 101 Å². The molecule has 0 aliphatic rings. The Labute approximate surface area is 121 Å². The zero-order valence-corrected chi connectivity index (χ0v) is 12.4. The van der Waals surface area contributed by atoms with Gasteiger partial charge in [-0.1, -0.05) is 29.8 Å². The lowest BCUT2D eigenvalue weighted by molar-refractivity contribution is 0.458. The van der Waals surface area contributed by atoms with Crippen LogP contribution in [0.5, 0.6) is 5.75 Å². The smallest absolute Gasteiger partial charge is 0.296 e. The second kappa shape index (κ2) is 5.57. The molecule has 0 fully saturated rings. The van der Waals surface area contributed by atoms with Gasteiger partial charge in [0.05, 0.1) is 11.9 Å². The predicted molar refractivity (Wildman–Crippen MR) is 78.6 cm³/mol. The maximum absolute atomic E-state index is 12.1. The number of sulfonamides is 1. The van der Waals surface area contributed by atoms with Gasteiger partial charge in [0, 0.05) is 7.05 Å². The molecule has 2 rings (SSSR count). The van der Waals surface area contributed by atoms with Gasteiger partial charge < -0.3 is 5.11 Å². The van der Waals surface area contributed by atoms with Crippen molar-refractivity contribution < 1.29 is 13.5 Å². The number of nitrogens with one attached hydrogen (secondary N) is 1. The van der Waals surface area contributed by atoms with Crippen LogP contribution in [0.15, 0.2) is 35.3 Å². The van der Waals surface area contributed by atoms with Gasteiger partial charge in [-0.05, 0) is 12.5 Å². The lowest BCUT2D eigenvalue weighted by Gasteiger charge is -2.10. The third kappa shape index (κ3) is 3.60. The summed E-state index contributed by atoms with van der Waals surface area (Å²) in [5.74, 6) is -0.921. The van der Waals surface area contributed by atoms with E-state index in [0.717, 1.165) is 16.3 Å². The number of aryl methyl sites for hydroxylation is 1. The second-order valence-corrected chi connectivity index (χ2v) is 6.40. The summed E-state index contributed by atoms with van der Waals surface area (Å²) in [4.78, 5) is 15.2. The molecule has 1 aromatic carbocycles. The van der Waals surface area contributed by atoms with Gasteiger partial charge in [-0.15, -0.1) is 0 Å². The predicted octanol–water partition coefficient (Wildman–Crippen LogP) is 0.736. The first-order chi connectivity index (χ1) is 9.78. The molecule has 1 aromatic heterocycles. The molecule has 0 aliphatic heterocycles. The monoisotopic (exact) mass is 309 g/mol. The zero-order valence-electron chi connectivity index (χ0n) is 11.6. The summed E-state index contributed by atoms with van der Waals surface area (Å²) in [5.41, 5.74) is 0.863. The highest BCUT2D eigenvalue weighted by Crippen LogP contribution is 2.11. The third-order valence-electron chi connectivity index (χ3n) is 2.84. The van der Waals surface area contributed by atoms with Crippen molar-refractivity contribution in [2.24, 2.45) is 7.05 Å². The van der Waals surface area contributed by atoms with E-state index < -0.39 is 21.3 Å². The highest BCUT2D eigenvalue weighted by Gasteiger charge is 2.15. The van der Waals surface area contributed by atoms with Crippen LogP contribution in [0.25, 0.3) is 0 Å². The maximum atomic E-state index is 12.1. The Bertz CT molecular complexity index is 828. The highest BCUT2D eigenvalue weighted by atomic mass is 32.2. The molecule has 7 nitrogen and oxygen atoms in total. The minimum Gasteiger partial charge on any atom is -0.502 e. The molecule has 0 saturated carbocycles. The average molecular weight is 309 g/mol. The van der Waals surface area contributed by atoms with E-state index in [-0.39, 0.29) is 11.7 Å². The summed E-state index contributed by atoms with van der Waals surface area (Å²) in [6.07, 6.45) is 0.910. The fraction of sp³-hybridized carbons (Fsp3) is 0.231. The van der Waals surface area contributed by atoms with E-state index in [4.69, 9.17) is 0 Å². The van der Waals surface area contributed by atoms with Crippen molar-refractivity contribution in [1.29, 1.82) is 0 Å². The van der Waals surface area contributed by atoms with Crippen LogP contribution in [0.1, 0.15) is 11.1 Å². The number of anilines is 1. The van der Waals surface area contributed by atoms with Crippen molar-refractivity contribution >= 4 is 16.0 Å². The number of aromatic nitrogens is 2. The van der Waals surface area contributed by atoms with E-state index in [1.54, 1.807) is 18.2 Å². The molecule has 0 unspecified atom stereocenters. The molecule has 112 valence electrons. The minimum absolute atomic E-state index is 0.148. The number of hydrogen-bond acceptors (Lipinski definition) is 5. The first-order valence-electron chi connectivity index (χ1n) is 6.09. The van der Waals surface area contributed by atoms with E-state index >= 15 is 0 Å². The number of rotatable bonds is 4. The van der Waals surface area contributed by atoms with Gasteiger partial charge in [0.25, 0.3) is 5.56 Å². The first-order valence-corrected chi connectivity index (χ1v) is 7.75. The van der Waals surface area contributed by atoms with Crippen molar-refractivity contribution in [2.75, 3.05) is 4.72 Å². The molecular formula is C13H15N3O4S. The van der Waals surface area contributed by atoms with Gasteiger partial charge in [-0.2, -0.15) is 0 Å². The SMILES string of the molecule is Cc1cccc(CS(=O)(=O)Nc2ncc(O)c(=O)n2C)c1. The molecule has 2 aromatic rings. The Morgan fingerprint density at radius 2 is 2.10 bits per heavy atom. The van der Waals surface area contributed by atoms with Crippen molar-refractivity contribution in [3.05, 3.63) is 51.9 Å². The lowest BCUT2D eigenvalue weighted by atomic mass is 10.2. The number of hydrogen-bond donors (Lipinski definition) is 2. The molecule has 2 N–H and O–H groups in total. The Hall–Kier alpha value is -2.35. The highest BCUT2D eigenvalue weighted by molar-refractivity contribution is 7.91. The summed E-state index contributed by atoms with van der Waals surface area (Å²) in [5, 5.41) is 9.22. The van der Waals surface area contributed by atoms with E-state index in [0.29, 0.717) is 5.56 Å². The van der Waals surface area contributed by atoms with E-state index in [1.807, 2.05) is 13.0 Å². The Morgan fingerprint density at radius 3 is 2.76 bits per heavy atom. The van der Waals surface area contributed by atoms with Crippen LogP contribution in [0.2, 0.25) is 0 Å². The maximum Gasteiger partial charge on any atom is 0.296 e. The first kappa shape index (κ1) is 15.0. The van der Waals surface area contributed by atoms with Crippen molar-refractivity contribution in [3.63, 3.8) is 0 Å². The van der Waals surface area contributed by atoms with Crippen molar-refractivity contribution in [1.82, 2.24) is 9.55 Å². The Balaban J connectivity index is 2.26. The Morgan fingerprint density at radius 1 is 1.38 bits per heavy atom. The molecule has 0 radical (unpaired) electrons. The van der Waals surface area contributed by atoms with Crippen LogP contribution in [0, 0.1) is 6.92 Å². The average Bonchev–Trinajstić information content (AvgIpc) is 2.39. The minimum atomic E-state index is -3.71. The van der Waals surface area contributed by atoms with Crippen LogP contribution in [-0.2, 0) is 22.8 Å². The summed E-state index contributed by atoms with van der Waals surface area (Å²) in [6.45, 7) is 1.87. The lowest BCUT2D eigenvalue weighted by Crippen LogP contribution is -2.25. The van der Waals surface area contributed by atoms with Gasteiger partial charge >= 0.3 is 0 Å². The molecule has 1 heterocycles. The normalized spacial score (nSPS) is 11.3. The van der Waals surface area contributed by atoms with Crippen LogP contribution in [-0.4, -0.2) is 23.1 Å². The van der Waals surface area contributed by atoms with E-state index in [1.165, 1.54) is 7.05 Å². The third-order valence-corrected chi connectivity index (χ3v) is 4.04. The van der Waals surface area contributed by atoms with Crippen molar-refractivity contribution in [2.45, 2.75) is 12.7 Å². The van der Waals surface area contributed by atoms with Crippen LogP contribution >= 0.6 is 0 Å². The molecule has 0 spiro atoms.